The fraction of sp³-hybridized carbons (Fsp3) is 0. The lowest BCUT2D eigenvalue weighted by molar-refractivity contribution is 0.0691. The highest BCUT2D eigenvalue weighted by Gasteiger charge is 2.12. The van der Waals surface area contributed by atoms with Gasteiger partial charge in [0.2, 0.25) is 0 Å². The van der Waals surface area contributed by atoms with Crippen LogP contribution in [-0.2, 0) is 0 Å². The van der Waals surface area contributed by atoms with Gasteiger partial charge in [0, 0.05) is 11.5 Å². The van der Waals surface area contributed by atoms with E-state index in [-0.39, 0.29) is 16.8 Å². The van der Waals surface area contributed by atoms with Crippen LogP contribution in [0.25, 0.3) is 22.0 Å². The van der Waals surface area contributed by atoms with E-state index in [9.17, 15) is 14.9 Å². The molecule has 0 unspecified atom stereocenters. The lowest BCUT2D eigenvalue weighted by Gasteiger charge is -2.07. The van der Waals surface area contributed by atoms with Crippen LogP contribution in [0.3, 0.4) is 0 Å². The molecule has 0 aliphatic rings. The van der Waals surface area contributed by atoms with Crippen molar-refractivity contribution in [2.24, 2.45) is 0 Å². The Bertz CT molecular complexity index is 982. The first kappa shape index (κ1) is 13.6. The number of rotatable bonds is 2. The number of nitrogens with zero attached hydrogens (tertiary/aromatic N) is 1. The summed E-state index contributed by atoms with van der Waals surface area (Å²) in [5, 5.41) is 18.6. The van der Waals surface area contributed by atoms with Crippen LogP contribution in [0.1, 0.15) is 16.1 Å². The Morgan fingerprint density at radius 3 is 2.45 bits per heavy atom. The summed E-state index contributed by atoms with van der Waals surface area (Å²) in [5.74, 6) is -1.24. The molecule has 0 amide bonds. The summed E-state index contributed by atoms with van der Waals surface area (Å²) in [6.45, 7) is 0. The number of carbonyl (C=O) groups is 1. The van der Waals surface area contributed by atoms with Gasteiger partial charge in [0.15, 0.2) is 5.43 Å². The maximum absolute atomic E-state index is 12.2. The zero-order valence-corrected chi connectivity index (χ0v) is 11.3. The van der Waals surface area contributed by atoms with Gasteiger partial charge in [0.25, 0.3) is 0 Å². The van der Waals surface area contributed by atoms with Crippen LogP contribution in [0.2, 0.25) is 0 Å². The number of fused-ring (bicyclic) bond motifs is 1. The smallest absolute Gasteiger partial charge is 0.352 e. The van der Waals surface area contributed by atoms with Crippen LogP contribution in [0.5, 0.6) is 0 Å². The molecule has 106 valence electrons. The number of nitrogens with one attached hydrogen (secondary N) is 1. The molecule has 0 atom stereocenters. The van der Waals surface area contributed by atoms with Crippen molar-refractivity contribution >= 4 is 16.9 Å². The van der Waals surface area contributed by atoms with Gasteiger partial charge < -0.3 is 10.1 Å². The van der Waals surface area contributed by atoms with Crippen LogP contribution < -0.4 is 5.43 Å². The molecule has 0 spiro atoms. The molecule has 22 heavy (non-hydrogen) atoms. The van der Waals surface area contributed by atoms with Crippen molar-refractivity contribution in [1.82, 2.24) is 4.98 Å². The summed E-state index contributed by atoms with van der Waals surface area (Å²) in [4.78, 5) is 25.8. The lowest BCUT2D eigenvalue weighted by Crippen LogP contribution is -2.10. The first-order chi connectivity index (χ1) is 10.6. The summed E-state index contributed by atoms with van der Waals surface area (Å²) in [5.41, 5.74) is 1.42. The molecule has 5 nitrogen and oxygen atoms in total. The summed E-state index contributed by atoms with van der Waals surface area (Å²) < 4.78 is 0. The number of aromatic nitrogens is 1. The van der Waals surface area contributed by atoms with Gasteiger partial charge in [-0.1, -0.05) is 30.3 Å². The van der Waals surface area contributed by atoms with Crippen molar-refractivity contribution in [1.29, 1.82) is 5.26 Å². The Hall–Kier alpha value is -3.39. The minimum Gasteiger partial charge on any atom is -0.477 e. The van der Waals surface area contributed by atoms with E-state index >= 15 is 0 Å². The highest BCUT2D eigenvalue weighted by atomic mass is 16.4. The average Bonchev–Trinajstić information content (AvgIpc) is 2.54. The molecule has 0 aliphatic carbocycles. The van der Waals surface area contributed by atoms with E-state index in [1.807, 2.05) is 36.4 Å². The molecule has 1 heterocycles. The minimum absolute atomic E-state index is 0.233. The average molecular weight is 290 g/mol. The van der Waals surface area contributed by atoms with E-state index < -0.39 is 11.4 Å². The summed E-state index contributed by atoms with van der Waals surface area (Å²) in [6.07, 6.45) is 0. The Labute approximate surface area is 125 Å². The predicted octanol–water partition coefficient (Wildman–Crippen LogP) is 2.76. The molecule has 0 radical (unpaired) electrons. The number of hydrogen-bond acceptors (Lipinski definition) is 3. The van der Waals surface area contributed by atoms with E-state index in [1.54, 1.807) is 12.1 Å². The number of benzene rings is 2. The van der Waals surface area contributed by atoms with Crippen LogP contribution in [0.15, 0.2) is 53.3 Å². The number of aromatic amines is 1. The SMILES string of the molecule is N#Cc1cc(-c2ccccc2)cc2c(=O)cc(C(=O)O)[nH]c12. The van der Waals surface area contributed by atoms with E-state index in [1.165, 1.54) is 0 Å². The van der Waals surface area contributed by atoms with Crippen molar-refractivity contribution in [2.45, 2.75) is 0 Å². The van der Waals surface area contributed by atoms with Gasteiger partial charge in [-0.3, -0.25) is 4.79 Å². The van der Waals surface area contributed by atoms with Gasteiger partial charge in [-0.2, -0.15) is 5.26 Å². The van der Waals surface area contributed by atoms with Crippen LogP contribution in [0.4, 0.5) is 0 Å². The molecule has 2 N–H and O–H groups in total. The largest absolute Gasteiger partial charge is 0.477 e. The van der Waals surface area contributed by atoms with E-state index in [0.29, 0.717) is 5.39 Å². The maximum atomic E-state index is 12.2. The van der Waals surface area contributed by atoms with Crippen molar-refractivity contribution in [3.63, 3.8) is 0 Å². The number of H-pyrrole nitrogens is 1. The molecule has 5 heteroatoms. The Morgan fingerprint density at radius 2 is 1.82 bits per heavy atom. The second-order valence-electron chi connectivity index (χ2n) is 4.78. The molecule has 0 bridgehead atoms. The third kappa shape index (κ3) is 2.23. The second-order valence-corrected chi connectivity index (χ2v) is 4.78. The van der Waals surface area contributed by atoms with E-state index in [2.05, 4.69) is 4.98 Å². The second kappa shape index (κ2) is 5.19. The van der Waals surface area contributed by atoms with Crippen LogP contribution >= 0.6 is 0 Å². The standard InChI is InChI=1S/C17H10N2O3/c18-9-12-6-11(10-4-2-1-3-5-10)7-13-15(20)8-14(17(21)22)19-16(12)13/h1-8H,(H,19,20)(H,21,22). The number of nitriles is 1. The zero-order valence-electron chi connectivity index (χ0n) is 11.3. The monoisotopic (exact) mass is 290 g/mol. The highest BCUT2D eigenvalue weighted by Crippen LogP contribution is 2.25. The normalized spacial score (nSPS) is 10.3. The predicted molar refractivity (Wildman–Crippen MR) is 81.7 cm³/mol. The quantitative estimate of drug-likeness (QED) is 0.758. The van der Waals surface area contributed by atoms with E-state index in [0.717, 1.165) is 17.2 Å². The highest BCUT2D eigenvalue weighted by molar-refractivity contribution is 5.93. The Balaban J connectivity index is 2.37. The summed E-state index contributed by atoms with van der Waals surface area (Å²) in [7, 11) is 0. The molecule has 0 fully saturated rings. The van der Waals surface area contributed by atoms with Crippen molar-refractivity contribution in [2.75, 3.05) is 0 Å². The van der Waals surface area contributed by atoms with Crippen molar-refractivity contribution < 1.29 is 9.90 Å². The maximum Gasteiger partial charge on any atom is 0.352 e. The Morgan fingerprint density at radius 1 is 1.09 bits per heavy atom. The third-order valence-electron chi connectivity index (χ3n) is 3.40. The van der Waals surface area contributed by atoms with Crippen molar-refractivity contribution in [3.05, 3.63) is 70.0 Å². The Kier molecular flexibility index (Phi) is 3.20. The number of carboxylic acid groups (broad SMARTS) is 1. The van der Waals surface area contributed by atoms with Crippen molar-refractivity contribution in [3.8, 4) is 17.2 Å². The number of carboxylic acids is 1. The summed E-state index contributed by atoms with van der Waals surface area (Å²) >= 11 is 0. The molecule has 0 saturated carbocycles. The molecule has 2 aromatic carbocycles. The fourth-order valence-electron chi connectivity index (χ4n) is 2.35. The van der Waals surface area contributed by atoms with Crippen LogP contribution in [-0.4, -0.2) is 16.1 Å². The molecule has 0 aliphatic heterocycles. The number of hydrogen-bond donors (Lipinski definition) is 2. The van der Waals surface area contributed by atoms with Crippen LogP contribution in [0, 0.1) is 11.3 Å². The minimum atomic E-state index is -1.24. The lowest BCUT2D eigenvalue weighted by atomic mass is 9.99. The molecule has 1 aromatic heterocycles. The number of pyridine rings is 1. The summed E-state index contributed by atoms with van der Waals surface area (Å²) in [6, 6.07) is 15.7. The third-order valence-corrected chi connectivity index (χ3v) is 3.40. The zero-order chi connectivity index (χ0) is 15.7. The van der Waals surface area contributed by atoms with Gasteiger partial charge in [0.1, 0.15) is 11.8 Å². The molecule has 0 saturated heterocycles. The fourth-order valence-corrected chi connectivity index (χ4v) is 2.35. The van der Waals surface area contributed by atoms with E-state index in [4.69, 9.17) is 5.11 Å². The first-order valence-corrected chi connectivity index (χ1v) is 6.50. The topological polar surface area (TPSA) is 93.9 Å². The van der Waals surface area contributed by atoms with Gasteiger partial charge in [-0.25, -0.2) is 4.79 Å². The number of aromatic carboxylic acids is 1. The molecular weight excluding hydrogens is 280 g/mol. The first-order valence-electron chi connectivity index (χ1n) is 6.50. The molecule has 3 rings (SSSR count). The van der Waals surface area contributed by atoms with Gasteiger partial charge in [0.05, 0.1) is 11.1 Å². The molecular formula is C17H10N2O3. The van der Waals surface area contributed by atoms with Gasteiger partial charge >= 0.3 is 5.97 Å². The molecule has 3 aromatic rings. The van der Waals surface area contributed by atoms with Gasteiger partial charge in [-0.15, -0.1) is 0 Å². The van der Waals surface area contributed by atoms with Gasteiger partial charge in [-0.05, 0) is 23.3 Å².